The maximum atomic E-state index is 12.7. The van der Waals surface area contributed by atoms with E-state index in [0.29, 0.717) is 24.5 Å². The summed E-state index contributed by atoms with van der Waals surface area (Å²) >= 11 is 1.16. The van der Waals surface area contributed by atoms with Crippen molar-refractivity contribution in [2.24, 2.45) is 0 Å². The molecule has 2 aromatic heterocycles. The molecule has 0 atom stereocenters. The summed E-state index contributed by atoms with van der Waals surface area (Å²) in [5.74, 6) is 0.570. The maximum absolute atomic E-state index is 12.7. The number of rotatable bonds is 3. The van der Waals surface area contributed by atoms with Crippen molar-refractivity contribution in [3.63, 3.8) is 0 Å². The quantitative estimate of drug-likeness (QED) is 0.718. The van der Waals surface area contributed by atoms with Gasteiger partial charge in [-0.25, -0.2) is 0 Å². The van der Waals surface area contributed by atoms with Crippen LogP contribution in [0.15, 0.2) is 30.3 Å². The van der Waals surface area contributed by atoms with Gasteiger partial charge in [-0.15, -0.1) is 5.10 Å². The Morgan fingerprint density at radius 3 is 2.68 bits per heavy atom. The number of fused-ring (bicyclic) bond motifs is 1. The molecule has 1 aliphatic rings. The topological polar surface area (TPSA) is 81.1 Å². The number of likely N-dealkylation sites (tertiary alicyclic amines) is 1. The lowest BCUT2D eigenvalue weighted by molar-refractivity contribution is 0.0586. The molecule has 0 N–H and O–H groups in total. The van der Waals surface area contributed by atoms with Crippen LogP contribution in [0.1, 0.15) is 28.9 Å². The number of carbonyl (C=O) groups is 1. The highest BCUT2D eigenvalue weighted by atomic mass is 32.1. The van der Waals surface area contributed by atoms with Gasteiger partial charge in [0.15, 0.2) is 0 Å². The molecule has 1 aliphatic heterocycles. The molecule has 1 saturated heterocycles. The number of hydrogen-bond donors (Lipinski definition) is 0. The van der Waals surface area contributed by atoms with Crippen molar-refractivity contribution >= 4 is 28.7 Å². The van der Waals surface area contributed by atoms with E-state index in [9.17, 15) is 4.79 Å². The van der Waals surface area contributed by atoms with Gasteiger partial charge in [-0.1, -0.05) is 0 Å². The van der Waals surface area contributed by atoms with Crippen molar-refractivity contribution in [1.82, 2.24) is 23.8 Å². The molecule has 4 rings (SSSR count). The Hall–Kier alpha value is -2.61. The molecule has 25 heavy (non-hydrogen) atoms. The predicted molar refractivity (Wildman–Crippen MR) is 93.7 cm³/mol. The first-order valence-corrected chi connectivity index (χ1v) is 8.91. The molecular formula is C17H17N5O2S. The summed E-state index contributed by atoms with van der Waals surface area (Å²) < 4.78 is 14.2. The Bertz CT molecular complexity index is 887. The highest BCUT2D eigenvalue weighted by molar-refractivity contribution is 7.00. The fourth-order valence-electron chi connectivity index (χ4n) is 2.89. The second-order valence-electron chi connectivity index (χ2n) is 6.09. The van der Waals surface area contributed by atoms with Crippen molar-refractivity contribution in [3.8, 4) is 5.88 Å². The van der Waals surface area contributed by atoms with E-state index in [0.717, 1.165) is 41.3 Å². The summed E-state index contributed by atoms with van der Waals surface area (Å²) in [7, 11) is 0. The Morgan fingerprint density at radius 2 is 1.92 bits per heavy atom. The molecule has 3 aromatic rings. The number of benzene rings is 1. The highest BCUT2D eigenvalue weighted by Gasteiger charge is 2.25. The first-order chi connectivity index (χ1) is 12.2. The Kier molecular flexibility index (Phi) is 4.27. The molecule has 7 nitrogen and oxygen atoms in total. The first kappa shape index (κ1) is 15.9. The summed E-state index contributed by atoms with van der Waals surface area (Å²) in [6, 6.07) is 9.18. The Labute approximate surface area is 149 Å². The molecule has 8 heteroatoms. The molecule has 128 valence electrons. The fourth-order valence-corrected chi connectivity index (χ4v) is 3.41. The summed E-state index contributed by atoms with van der Waals surface area (Å²) in [6.45, 7) is 3.21. The number of nitrogens with zero attached hydrogens (tertiary/aromatic N) is 5. The predicted octanol–water partition coefficient (Wildman–Crippen LogP) is 2.47. The van der Waals surface area contributed by atoms with Gasteiger partial charge >= 0.3 is 0 Å². The molecule has 0 saturated carbocycles. The molecule has 3 heterocycles. The summed E-state index contributed by atoms with van der Waals surface area (Å²) in [5, 5.41) is 8.03. The van der Waals surface area contributed by atoms with Gasteiger partial charge in [0, 0.05) is 37.6 Å². The van der Waals surface area contributed by atoms with Gasteiger partial charge in [0.2, 0.25) is 5.88 Å². The van der Waals surface area contributed by atoms with Gasteiger partial charge in [-0.2, -0.15) is 13.8 Å². The van der Waals surface area contributed by atoms with E-state index in [1.54, 1.807) is 0 Å². The van der Waals surface area contributed by atoms with Crippen molar-refractivity contribution < 1.29 is 9.53 Å². The van der Waals surface area contributed by atoms with E-state index in [1.807, 2.05) is 42.2 Å². The number of ether oxygens (including phenoxy) is 1. The minimum absolute atomic E-state index is 0.0310. The molecule has 0 bridgehead atoms. The van der Waals surface area contributed by atoms with Crippen LogP contribution in [0.4, 0.5) is 0 Å². The number of aryl methyl sites for hydroxylation is 1. The smallest absolute Gasteiger partial charge is 0.253 e. The summed E-state index contributed by atoms with van der Waals surface area (Å²) in [6.07, 6.45) is 1.62. The van der Waals surface area contributed by atoms with E-state index in [1.165, 1.54) is 0 Å². The third kappa shape index (κ3) is 3.43. The van der Waals surface area contributed by atoms with E-state index in [4.69, 9.17) is 4.74 Å². The van der Waals surface area contributed by atoms with Crippen LogP contribution in [0.5, 0.6) is 5.88 Å². The Morgan fingerprint density at radius 1 is 1.12 bits per heavy atom. The van der Waals surface area contributed by atoms with Crippen LogP contribution >= 0.6 is 11.7 Å². The van der Waals surface area contributed by atoms with Crippen molar-refractivity contribution in [1.29, 1.82) is 0 Å². The van der Waals surface area contributed by atoms with E-state index in [2.05, 4.69) is 18.9 Å². The minimum atomic E-state index is 0.0310. The molecule has 1 aromatic carbocycles. The number of carbonyl (C=O) groups excluding carboxylic acids is 1. The average Bonchev–Trinajstić information content (AvgIpc) is 3.11. The minimum Gasteiger partial charge on any atom is -0.473 e. The summed E-state index contributed by atoms with van der Waals surface area (Å²) in [5.41, 5.74) is 3.11. The molecule has 0 aliphatic carbocycles. The van der Waals surface area contributed by atoms with Gasteiger partial charge in [0.05, 0.1) is 17.4 Å². The Balaban J connectivity index is 1.37. The van der Waals surface area contributed by atoms with Gasteiger partial charge in [-0.05, 0) is 31.2 Å². The van der Waals surface area contributed by atoms with Crippen LogP contribution in [0, 0.1) is 6.92 Å². The van der Waals surface area contributed by atoms with Crippen LogP contribution in [0.3, 0.4) is 0 Å². The SMILES string of the molecule is Cc1ccc(OC2CCN(C(=O)c3ccc4nsnc4c3)CC2)nn1. The van der Waals surface area contributed by atoms with Crippen molar-refractivity contribution in [2.45, 2.75) is 25.9 Å². The molecule has 0 spiro atoms. The molecule has 0 radical (unpaired) electrons. The van der Waals surface area contributed by atoms with Crippen LogP contribution in [-0.4, -0.2) is 48.9 Å². The molecule has 1 amide bonds. The van der Waals surface area contributed by atoms with Crippen molar-refractivity contribution in [3.05, 3.63) is 41.6 Å². The normalized spacial score (nSPS) is 15.5. The lowest BCUT2D eigenvalue weighted by atomic mass is 10.1. The van der Waals surface area contributed by atoms with Gasteiger partial charge in [-0.3, -0.25) is 4.79 Å². The van der Waals surface area contributed by atoms with Crippen molar-refractivity contribution in [2.75, 3.05) is 13.1 Å². The zero-order chi connectivity index (χ0) is 17.2. The van der Waals surface area contributed by atoms with Crippen LogP contribution in [0.25, 0.3) is 11.0 Å². The monoisotopic (exact) mass is 355 g/mol. The van der Waals surface area contributed by atoms with Crippen LogP contribution in [-0.2, 0) is 0 Å². The molecule has 0 unspecified atom stereocenters. The number of piperidine rings is 1. The maximum Gasteiger partial charge on any atom is 0.253 e. The van der Waals surface area contributed by atoms with Gasteiger partial charge in [0.25, 0.3) is 5.91 Å². The molecular weight excluding hydrogens is 338 g/mol. The molecule has 1 fully saturated rings. The number of amides is 1. The third-order valence-electron chi connectivity index (χ3n) is 4.29. The highest BCUT2D eigenvalue weighted by Crippen LogP contribution is 2.20. The fraction of sp³-hybridized carbons (Fsp3) is 0.353. The lowest BCUT2D eigenvalue weighted by Gasteiger charge is -2.31. The zero-order valence-corrected chi connectivity index (χ0v) is 14.6. The van der Waals surface area contributed by atoms with E-state index in [-0.39, 0.29) is 12.0 Å². The standard InChI is InChI=1S/C17H17N5O2S/c1-11-2-5-16(19-18-11)24-13-6-8-22(9-7-13)17(23)12-3-4-14-15(10-12)21-25-20-14/h2-5,10,13H,6-9H2,1H3. The second-order valence-corrected chi connectivity index (χ2v) is 6.62. The largest absolute Gasteiger partial charge is 0.473 e. The lowest BCUT2D eigenvalue weighted by Crippen LogP contribution is -2.41. The third-order valence-corrected chi connectivity index (χ3v) is 4.85. The van der Waals surface area contributed by atoms with E-state index >= 15 is 0 Å². The van der Waals surface area contributed by atoms with Crippen LogP contribution in [0.2, 0.25) is 0 Å². The average molecular weight is 355 g/mol. The zero-order valence-electron chi connectivity index (χ0n) is 13.8. The first-order valence-electron chi connectivity index (χ1n) is 8.17. The number of aromatic nitrogens is 4. The van der Waals surface area contributed by atoms with Gasteiger partial charge in [0.1, 0.15) is 17.1 Å². The van der Waals surface area contributed by atoms with E-state index < -0.39 is 0 Å². The summed E-state index contributed by atoms with van der Waals surface area (Å²) in [4.78, 5) is 14.5. The van der Waals surface area contributed by atoms with Gasteiger partial charge < -0.3 is 9.64 Å². The number of hydrogen-bond acceptors (Lipinski definition) is 7. The second kappa shape index (κ2) is 6.72. The van der Waals surface area contributed by atoms with Crippen LogP contribution < -0.4 is 4.74 Å².